The van der Waals surface area contributed by atoms with Gasteiger partial charge in [0.05, 0.1) is 12.2 Å². The van der Waals surface area contributed by atoms with E-state index in [1.165, 1.54) is 23.5 Å². The number of carbonyl (C=O) groups is 1. The molecule has 0 aliphatic rings. The number of amides is 2. The van der Waals surface area contributed by atoms with Crippen LogP contribution in [0.15, 0.2) is 47.2 Å². The average Bonchev–Trinajstić information content (AvgIpc) is 3.17. The third-order valence-electron chi connectivity index (χ3n) is 2.87. The highest BCUT2D eigenvalue weighted by atomic mass is 32.1. The molecule has 0 saturated carbocycles. The maximum Gasteiger partial charge on any atom is 0.321 e. The lowest BCUT2D eigenvalue weighted by molar-refractivity contribution is 0.252. The summed E-state index contributed by atoms with van der Waals surface area (Å²) < 4.78 is 12.9. The highest BCUT2D eigenvalue weighted by Gasteiger charge is 2.08. The quantitative estimate of drug-likeness (QED) is 0.746. The van der Waals surface area contributed by atoms with Crippen LogP contribution < -0.4 is 10.6 Å². The van der Waals surface area contributed by atoms with Gasteiger partial charge in [-0.1, -0.05) is 6.07 Å². The minimum atomic E-state index is -0.298. The van der Waals surface area contributed by atoms with Crippen molar-refractivity contribution in [2.24, 2.45) is 0 Å². The van der Waals surface area contributed by atoms with Crippen molar-refractivity contribution in [2.45, 2.75) is 6.54 Å². The molecule has 2 heterocycles. The first-order chi connectivity index (χ1) is 10.7. The Labute approximate surface area is 134 Å². The zero-order valence-corrected chi connectivity index (χ0v) is 13.0. The van der Waals surface area contributed by atoms with Crippen LogP contribution in [0.2, 0.25) is 0 Å². The molecule has 2 amide bonds. The molecular weight excluding hydrogens is 321 g/mol. The normalized spacial score (nSPS) is 10.4. The Bertz CT molecular complexity index is 753. The molecule has 0 radical (unpaired) electrons. The van der Waals surface area contributed by atoms with E-state index in [0.717, 1.165) is 10.4 Å². The number of halogens is 1. The molecule has 0 spiro atoms. The van der Waals surface area contributed by atoms with Gasteiger partial charge in [-0.2, -0.15) is 0 Å². The molecule has 0 bridgehead atoms. The van der Waals surface area contributed by atoms with Gasteiger partial charge in [0.25, 0.3) is 0 Å². The van der Waals surface area contributed by atoms with Crippen LogP contribution in [-0.2, 0) is 6.54 Å². The van der Waals surface area contributed by atoms with Crippen molar-refractivity contribution in [3.63, 3.8) is 0 Å². The zero-order chi connectivity index (χ0) is 15.4. The maximum absolute atomic E-state index is 12.9. The SMILES string of the molecule is O=C(NCc1cccs1)Nc1nc(-c2ccc(F)cc2)cs1. The van der Waals surface area contributed by atoms with Crippen molar-refractivity contribution in [1.29, 1.82) is 0 Å². The molecular formula is C15H12FN3OS2. The van der Waals surface area contributed by atoms with Crippen molar-refractivity contribution < 1.29 is 9.18 Å². The lowest BCUT2D eigenvalue weighted by atomic mass is 10.2. The summed E-state index contributed by atoms with van der Waals surface area (Å²) in [5.41, 5.74) is 1.52. The van der Waals surface area contributed by atoms with Gasteiger partial charge in [-0.15, -0.1) is 22.7 Å². The molecule has 0 atom stereocenters. The van der Waals surface area contributed by atoms with E-state index < -0.39 is 0 Å². The predicted octanol–water partition coefficient (Wildman–Crippen LogP) is 4.33. The minimum absolute atomic E-state index is 0.287. The number of nitrogens with zero attached hydrogens (tertiary/aromatic N) is 1. The van der Waals surface area contributed by atoms with Crippen LogP contribution in [0.4, 0.5) is 14.3 Å². The van der Waals surface area contributed by atoms with Crippen molar-refractivity contribution in [3.05, 3.63) is 57.9 Å². The van der Waals surface area contributed by atoms with Gasteiger partial charge in [-0.25, -0.2) is 14.2 Å². The molecule has 0 fully saturated rings. The summed E-state index contributed by atoms with van der Waals surface area (Å²) in [5.74, 6) is -0.287. The Balaban J connectivity index is 1.59. The highest BCUT2D eigenvalue weighted by Crippen LogP contribution is 2.24. The number of hydrogen-bond donors (Lipinski definition) is 2. The van der Waals surface area contributed by atoms with E-state index in [4.69, 9.17) is 0 Å². The van der Waals surface area contributed by atoms with E-state index in [9.17, 15) is 9.18 Å². The van der Waals surface area contributed by atoms with Crippen LogP contribution >= 0.6 is 22.7 Å². The standard InChI is InChI=1S/C15H12FN3OS2/c16-11-5-3-10(4-6-11)13-9-22-15(18-13)19-14(20)17-8-12-2-1-7-21-12/h1-7,9H,8H2,(H2,17,18,19,20). The molecule has 3 aromatic rings. The van der Waals surface area contributed by atoms with Gasteiger partial charge < -0.3 is 5.32 Å². The molecule has 112 valence electrons. The molecule has 0 aliphatic carbocycles. The van der Waals surface area contributed by atoms with Crippen LogP contribution in [0.1, 0.15) is 4.88 Å². The second kappa shape index (κ2) is 6.67. The Morgan fingerprint density at radius 2 is 2.00 bits per heavy atom. The molecule has 4 nitrogen and oxygen atoms in total. The van der Waals surface area contributed by atoms with Crippen LogP contribution in [0.5, 0.6) is 0 Å². The molecule has 3 rings (SSSR count). The Morgan fingerprint density at radius 1 is 1.18 bits per heavy atom. The average molecular weight is 333 g/mol. The number of benzene rings is 1. The number of rotatable bonds is 4. The summed E-state index contributed by atoms with van der Waals surface area (Å²) >= 11 is 2.91. The fourth-order valence-electron chi connectivity index (χ4n) is 1.81. The Kier molecular flexibility index (Phi) is 4.45. The number of nitrogens with one attached hydrogen (secondary N) is 2. The number of thiophene rings is 1. The van der Waals surface area contributed by atoms with Gasteiger partial charge in [0.15, 0.2) is 5.13 Å². The molecule has 0 aliphatic heterocycles. The van der Waals surface area contributed by atoms with Gasteiger partial charge in [0, 0.05) is 15.8 Å². The summed E-state index contributed by atoms with van der Waals surface area (Å²) in [7, 11) is 0. The Hall–Kier alpha value is -2.25. The summed E-state index contributed by atoms with van der Waals surface area (Å²) in [6.07, 6.45) is 0. The van der Waals surface area contributed by atoms with Gasteiger partial charge in [-0.05, 0) is 35.7 Å². The van der Waals surface area contributed by atoms with Crippen LogP contribution in [0, 0.1) is 5.82 Å². The van der Waals surface area contributed by atoms with Crippen molar-refractivity contribution in [1.82, 2.24) is 10.3 Å². The lowest BCUT2D eigenvalue weighted by Gasteiger charge is -2.03. The molecule has 2 N–H and O–H groups in total. The van der Waals surface area contributed by atoms with Gasteiger partial charge in [0.1, 0.15) is 5.82 Å². The summed E-state index contributed by atoms with van der Waals surface area (Å²) in [4.78, 5) is 17.2. The monoisotopic (exact) mass is 333 g/mol. The maximum atomic E-state index is 12.9. The smallest absolute Gasteiger partial charge is 0.321 e. The number of thiazole rings is 1. The zero-order valence-electron chi connectivity index (χ0n) is 11.4. The van der Waals surface area contributed by atoms with Crippen LogP contribution in [-0.4, -0.2) is 11.0 Å². The van der Waals surface area contributed by atoms with E-state index in [-0.39, 0.29) is 11.8 Å². The van der Waals surface area contributed by atoms with Crippen molar-refractivity contribution in [2.75, 3.05) is 5.32 Å². The number of anilines is 1. The van der Waals surface area contributed by atoms with Crippen molar-refractivity contribution >= 4 is 33.8 Å². The predicted molar refractivity (Wildman–Crippen MR) is 87.7 cm³/mol. The summed E-state index contributed by atoms with van der Waals surface area (Å²) in [5, 5.41) is 9.75. The van der Waals surface area contributed by atoms with Crippen LogP contribution in [0.3, 0.4) is 0 Å². The van der Waals surface area contributed by atoms with E-state index >= 15 is 0 Å². The molecule has 22 heavy (non-hydrogen) atoms. The second-order valence-electron chi connectivity index (χ2n) is 4.43. The molecule has 2 aromatic heterocycles. The third-order valence-corrected chi connectivity index (χ3v) is 4.50. The fourth-order valence-corrected chi connectivity index (χ4v) is 3.17. The molecule has 7 heteroatoms. The van der Waals surface area contributed by atoms with Crippen molar-refractivity contribution in [3.8, 4) is 11.3 Å². The lowest BCUT2D eigenvalue weighted by Crippen LogP contribution is -2.27. The second-order valence-corrected chi connectivity index (χ2v) is 6.32. The number of carbonyl (C=O) groups excluding carboxylic acids is 1. The van der Waals surface area contributed by atoms with E-state index in [1.807, 2.05) is 22.9 Å². The molecule has 1 aromatic carbocycles. The van der Waals surface area contributed by atoms with E-state index in [2.05, 4.69) is 15.6 Å². The first kappa shape index (κ1) is 14.7. The van der Waals surface area contributed by atoms with Gasteiger partial charge in [-0.3, -0.25) is 5.32 Å². The highest BCUT2D eigenvalue weighted by molar-refractivity contribution is 7.14. The number of aromatic nitrogens is 1. The fraction of sp³-hybridized carbons (Fsp3) is 0.0667. The molecule has 0 unspecified atom stereocenters. The first-order valence-electron chi connectivity index (χ1n) is 6.49. The van der Waals surface area contributed by atoms with E-state index in [1.54, 1.807) is 23.5 Å². The molecule has 0 saturated heterocycles. The Morgan fingerprint density at radius 3 is 2.73 bits per heavy atom. The minimum Gasteiger partial charge on any atom is -0.333 e. The number of urea groups is 1. The van der Waals surface area contributed by atoms with Crippen LogP contribution in [0.25, 0.3) is 11.3 Å². The first-order valence-corrected chi connectivity index (χ1v) is 8.25. The van der Waals surface area contributed by atoms with Gasteiger partial charge in [0.2, 0.25) is 0 Å². The third kappa shape index (κ3) is 3.69. The van der Waals surface area contributed by atoms with Gasteiger partial charge >= 0.3 is 6.03 Å². The van der Waals surface area contributed by atoms with E-state index in [0.29, 0.717) is 17.4 Å². The largest absolute Gasteiger partial charge is 0.333 e. The summed E-state index contributed by atoms with van der Waals surface area (Å²) in [6, 6.07) is 9.69. The summed E-state index contributed by atoms with van der Waals surface area (Å²) in [6.45, 7) is 0.486. The number of hydrogen-bond acceptors (Lipinski definition) is 4. The topological polar surface area (TPSA) is 54.0 Å².